The monoisotopic (exact) mass is 289 g/mol. The molecule has 0 radical (unpaired) electrons. The molecule has 0 saturated carbocycles. The number of nitrogens with zero attached hydrogens (tertiary/aromatic N) is 3. The second kappa shape index (κ2) is 4.57. The summed E-state index contributed by atoms with van der Waals surface area (Å²) in [6.45, 7) is 2.08. The molecule has 2 heterocycles. The van der Waals surface area contributed by atoms with Crippen LogP contribution in [0.25, 0.3) is 22.3 Å². The molecule has 5 nitrogen and oxygen atoms in total. The Hall–Kier alpha value is -2.87. The van der Waals surface area contributed by atoms with Gasteiger partial charge in [0.2, 0.25) is 0 Å². The van der Waals surface area contributed by atoms with Crippen LogP contribution >= 0.6 is 0 Å². The van der Waals surface area contributed by atoms with Crippen molar-refractivity contribution >= 4 is 11.0 Å². The molecule has 1 aliphatic carbocycles. The van der Waals surface area contributed by atoms with E-state index in [1.807, 2.05) is 12.3 Å². The van der Waals surface area contributed by atoms with Gasteiger partial charge < -0.3 is 10.3 Å². The SMILES string of the molecule is CC1(NC#N)CCc2ccc(-c3ncnc4[nH]ccc34)cc21. The fraction of sp³-hybridized carbons (Fsp3) is 0.235. The minimum Gasteiger partial charge on any atom is -0.346 e. The Kier molecular flexibility index (Phi) is 2.67. The number of hydrogen-bond donors (Lipinski definition) is 2. The Bertz CT molecular complexity index is 905. The number of nitriles is 1. The van der Waals surface area contributed by atoms with Crippen LogP contribution in [0, 0.1) is 11.5 Å². The van der Waals surface area contributed by atoms with Crippen LogP contribution < -0.4 is 5.32 Å². The van der Waals surface area contributed by atoms with E-state index in [0.717, 1.165) is 35.1 Å². The summed E-state index contributed by atoms with van der Waals surface area (Å²) in [6.07, 6.45) is 7.47. The Labute approximate surface area is 128 Å². The molecule has 0 fully saturated rings. The molecule has 5 heteroatoms. The third-order valence-electron chi connectivity index (χ3n) is 4.56. The number of nitrogens with one attached hydrogen (secondary N) is 2. The van der Waals surface area contributed by atoms with Crippen LogP contribution in [0.2, 0.25) is 0 Å². The van der Waals surface area contributed by atoms with Crippen molar-refractivity contribution in [2.45, 2.75) is 25.3 Å². The highest BCUT2D eigenvalue weighted by molar-refractivity contribution is 5.90. The Morgan fingerprint density at radius 2 is 2.23 bits per heavy atom. The largest absolute Gasteiger partial charge is 0.346 e. The second-order valence-electron chi connectivity index (χ2n) is 5.90. The van der Waals surface area contributed by atoms with Gasteiger partial charge in [-0.3, -0.25) is 0 Å². The van der Waals surface area contributed by atoms with Gasteiger partial charge >= 0.3 is 0 Å². The maximum atomic E-state index is 9.03. The quantitative estimate of drug-likeness (QED) is 0.562. The molecule has 1 aliphatic rings. The van der Waals surface area contributed by atoms with Gasteiger partial charge in [-0.15, -0.1) is 0 Å². The molecule has 1 atom stereocenters. The molecular weight excluding hydrogens is 274 g/mol. The number of H-pyrrole nitrogens is 1. The van der Waals surface area contributed by atoms with Gasteiger partial charge in [0.05, 0.1) is 11.2 Å². The van der Waals surface area contributed by atoms with Gasteiger partial charge in [-0.05, 0) is 43.0 Å². The molecule has 3 aromatic rings. The number of fused-ring (bicyclic) bond motifs is 2. The second-order valence-corrected chi connectivity index (χ2v) is 5.90. The smallest absolute Gasteiger partial charge is 0.177 e. The Morgan fingerprint density at radius 3 is 3.09 bits per heavy atom. The summed E-state index contributed by atoms with van der Waals surface area (Å²) >= 11 is 0. The molecule has 0 saturated heterocycles. The minimum atomic E-state index is -0.287. The van der Waals surface area contributed by atoms with Crippen LogP contribution in [0.3, 0.4) is 0 Å². The lowest BCUT2D eigenvalue weighted by Gasteiger charge is -2.24. The van der Waals surface area contributed by atoms with Crippen molar-refractivity contribution in [1.82, 2.24) is 20.3 Å². The van der Waals surface area contributed by atoms with Crippen molar-refractivity contribution in [2.24, 2.45) is 0 Å². The van der Waals surface area contributed by atoms with E-state index in [4.69, 9.17) is 5.26 Å². The van der Waals surface area contributed by atoms with Crippen LogP contribution in [-0.4, -0.2) is 15.0 Å². The molecule has 22 heavy (non-hydrogen) atoms. The van der Waals surface area contributed by atoms with Gasteiger partial charge in [-0.25, -0.2) is 9.97 Å². The van der Waals surface area contributed by atoms with Crippen LogP contribution in [0.5, 0.6) is 0 Å². The first-order valence-electron chi connectivity index (χ1n) is 7.29. The van der Waals surface area contributed by atoms with Crippen LogP contribution in [0.15, 0.2) is 36.8 Å². The molecule has 1 unspecified atom stereocenters. The van der Waals surface area contributed by atoms with Crippen molar-refractivity contribution in [1.29, 1.82) is 5.26 Å². The van der Waals surface area contributed by atoms with Crippen LogP contribution in [-0.2, 0) is 12.0 Å². The zero-order valence-electron chi connectivity index (χ0n) is 12.2. The summed E-state index contributed by atoms with van der Waals surface area (Å²) in [5, 5.41) is 13.0. The van der Waals surface area contributed by atoms with Crippen LogP contribution in [0.1, 0.15) is 24.5 Å². The molecule has 2 N–H and O–H groups in total. The first-order valence-corrected chi connectivity index (χ1v) is 7.29. The average molecular weight is 289 g/mol. The topological polar surface area (TPSA) is 77.4 Å². The van der Waals surface area contributed by atoms with Gasteiger partial charge in [-0.1, -0.05) is 12.1 Å². The lowest BCUT2D eigenvalue weighted by molar-refractivity contribution is 0.423. The van der Waals surface area contributed by atoms with E-state index in [0.29, 0.717) is 0 Å². The predicted molar refractivity (Wildman–Crippen MR) is 83.7 cm³/mol. The van der Waals surface area contributed by atoms with E-state index < -0.39 is 0 Å². The standard InChI is InChI=1S/C17H15N5/c1-17(22-9-18)6-4-11-2-3-12(8-14(11)17)15-13-5-7-19-16(13)21-10-20-15/h2-3,5,7-8,10,22H,4,6H2,1H3,(H,19,20,21). The molecule has 0 amide bonds. The fourth-order valence-electron chi connectivity index (χ4n) is 3.33. The Morgan fingerprint density at radius 1 is 1.32 bits per heavy atom. The van der Waals surface area contributed by atoms with E-state index in [1.165, 1.54) is 11.1 Å². The highest BCUT2D eigenvalue weighted by atomic mass is 15.0. The van der Waals surface area contributed by atoms with Crippen molar-refractivity contribution in [3.05, 3.63) is 47.9 Å². The average Bonchev–Trinajstić information content (AvgIpc) is 3.12. The van der Waals surface area contributed by atoms with Gasteiger partial charge in [0, 0.05) is 17.1 Å². The fourth-order valence-corrected chi connectivity index (χ4v) is 3.33. The normalized spacial score (nSPS) is 19.8. The van der Waals surface area contributed by atoms with E-state index in [-0.39, 0.29) is 5.54 Å². The first kappa shape index (κ1) is 12.8. The predicted octanol–water partition coefficient (Wildman–Crippen LogP) is 2.86. The van der Waals surface area contributed by atoms with E-state index in [1.54, 1.807) is 6.33 Å². The number of aromatic nitrogens is 3. The molecule has 1 aromatic carbocycles. The van der Waals surface area contributed by atoms with Crippen molar-refractivity contribution in [3.8, 4) is 17.5 Å². The maximum Gasteiger partial charge on any atom is 0.177 e. The minimum absolute atomic E-state index is 0.287. The van der Waals surface area contributed by atoms with Gasteiger partial charge in [0.1, 0.15) is 12.0 Å². The van der Waals surface area contributed by atoms with Crippen LogP contribution in [0.4, 0.5) is 0 Å². The summed E-state index contributed by atoms with van der Waals surface area (Å²) < 4.78 is 0. The van der Waals surface area contributed by atoms with E-state index in [2.05, 4.69) is 51.6 Å². The van der Waals surface area contributed by atoms with Crippen molar-refractivity contribution in [2.75, 3.05) is 0 Å². The van der Waals surface area contributed by atoms with E-state index in [9.17, 15) is 0 Å². The molecule has 0 aliphatic heterocycles. The van der Waals surface area contributed by atoms with Crippen molar-refractivity contribution < 1.29 is 0 Å². The van der Waals surface area contributed by atoms with E-state index >= 15 is 0 Å². The lowest BCUT2D eigenvalue weighted by Crippen LogP contribution is -2.33. The Balaban J connectivity index is 1.89. The molecule has 0 spiro atoms. The number of hydrogen-bond acceptors (Lipinski definition) is 4. The summed E-state index contributed by atoms with van der Waals surface area (Å²) in [7, 11) is 0. The number of aromatic amines is 1. The lowest BCUT2D eigenvalue weighted by atomic mass is 9.92. The zero-order valence-corrected chi connectivity index (χ0v) is 12.2. The highest BCUT2D eigenvalue weighted by Crippen LogP contribution is 2.39. The molecule has 108 valence electrons. The number of aryl methyl sites for hydroxylation is 1. The van der Waals surface area contributed by atoms with Gasteiger partial charge in [0.25, 0.3) is 0 Å². The highest BCUT2D eigenvalue weighted by Gasteiger charge is 2.34. The zero-order chi connectivity index (χ0) is 15.2. The van der Waals surface area contributed by atoms with Gasteiger partial charge in [0.15, 0.2) is 6.19 Å². The summed E-state index contributed by atoms with van der Waals surface area (Å²) in [6, 6.07) is 8.40. The molecule has 2 aromatic heterocycles. The van der Waals surface area contributed by atoms with Crippen molar-refractivity contribution in [3.63, 3.8) is 0 Å². The maximum absolute atomic E-state index is 9.03. The summed E-state index contributed by atoms with van der Waals surface area (Å²) in [4.78, 5) is 11.8. The summed E-state index contributed by atoms with van der Waals surface area (Å²) in [5.74, 6) is 0. The molecular formula is C17H15N5. The first-order chi connectivity index (χ1) is 10.7. The summed E-state index contributed by atoms with van der Waals surface area (Å²) in [5.41, 5.74) is 5.01. The molecule has 0 bridgehead atoms. The van der Waals surface area contributed by atoms with Gasteiger partial charge in [-0.2, -0.15) is 5.26 Å². The third kappa shape index (κ3) is 1.77. The molecule has 4 rings (SSSR count). The third-order valence-corrected chi connectivity index (χ3v) is 4.56. The number of benzene rings is 1. The number of rotatable bonds is 2.